The van der Waals surface area contributed by atoms with Gasteiger partial charge in [0.2, 0.25) is 5.91 Å². The Labute approximate surface area is 174 Å². The molecule has 1 amide bonds. The number of aryl methyl sites for hydroxylation is 2. The first-order valence-electron chi connectivity index (χ1n) is 9.34. The molecule has 28 heavy (non-hydrogen) atoms. The van der Waals surface area contributed by atoms with Crippen molar-refractivity contribution in [2.24, 2.45) is 0 Å². The van der Waals surface area contributed by atoms with E-state index in [1.807, 2.05) is 19.9 Å². The van der Waals surface area contributed by atoms with Crippen LogP contribution in [0.2, 0.25) is 5.02 Å². The molecule has 0 radical (unpaired) electrons. The zero-order valence-corrected chi connectivity index (χ0v) is 17.6. The van der Waals surface area contributed by atoms with Gasteiger partial charge in [-0.15, -0.1) is 0 Å². The fraction of sp³-hybridized carbons (Fsp3) is 0.450. The van der Waals surface area contributed by atoms with Crippen LogP contribution in [0.4, 0.5) is 4.39 Å². The third-order valence-corrected chi connectivity index (χ3v) is 5.88. The van der Waals surface area contributed by atoms with Crippen LogP contribution in [0.5, 0.6) is 0 Å². The van der Waals surface area contributed by atoms with Crippen molar-refractivity contribution in [1.29, 1.82) is 0 Å². The Morgan fingerprint density at radius 2 is 1.96 bits per heavy atom. The number of thioether (sulfide) groups is 1. The summed E-state index contributed by atoms with van der Waals surface area (Å²) in [6.07, 6.45) is 2.13. The molecule has 1 saturated heterocycles. The molecule has 0 aliphatic carbocycles. The molecule has 5 nitrogen and oxygen atoms in total. The lowest BCUT2D eigenvalue weighted by molar-refractivity contribution is -0.118. The van der Waals surface area contributed by atoms with Crippen molar-refractivity contribution in [3.05, 3.63) is 52.1 Å². The summed E-state index contributed by atoms with van der Waals surface area (Å²) in [5.41, 5.74) is 2.20. The maximum Gasteiger partial charge on any atom is 0.230 e. The second kappa shape index (κ2) is 9.67. The van der Waals surface area contributed by atoms with Crippen molar-refractivity contribution in [3.63, 3.8) is 0 Å². The summed E-state index contributed by atoms with van der Waals surface area (Å²) in [5.74, 6) is -0.262. The van der Waals surface area contributed by atoms with Gasteiger partial charge in [-0.1, -0.05) is 29.4 Å². The molecular weight excluding hydrogens is 399 g/mol. The van der Waals surface area contributed by atoms with Crippen LogP contribution in [0, 0.1) is 19.7 Å². The summed E-state index contributed by atoms with van der Waals surface area (Å²) in [5, 5.41) is 3.91. The molecule has 1 aliphatic rings. The largest absolute Gasteiger partial charge is 0.353 e. The number of nitrogens with zero attached hydrogens (tertiary/aromatic N) is 3. The van der Waals surface area contributed by atoms with Gasteiger partial charge in [-0.3, -0.25) is 9.69 Å². The molecule has 1 atom stereocenters. The van der Waals surface area contributed by atoms with E-state index in [-0.39, 0.29) is 23.5 Å². The zero-order chi connectivity index (χ0) is 20.1. The Morgan fingerprint density at radius 1 is 1.29 bits per heavy atom. The van der Waals surface area contributed by atoms with E-state index in [1.165, 1.54) is 17.8 Å². The molecule has 3 rings (SSSR count). The van der Waals surface area contributed by atoms with Crippen LogP contribution in [0.1, 0.15) is 35.8 Å². The summed E-state index contributed by atoms with van der Waals surface area (Å²) < 4.78 is 14.5. The highest BCUT2D eigenvalue weighted by molar-refractivity contribution is 7.99. The van der Waals surface area contributed by atoms with Crippen LogP contribution in [-0.2, 0) is 4.79 Å². The van der Waals surface area contributed by atoms with E-state index in [0.29, 0.717) is 22.3 Å². The van der Waals surface area contributed by atoms with Gasteiger partial charge in [0.15, 0.2) is 5.16 Å². The maximum atomic E-state index is 14.5. The predicted molar refractivity (Wildman–Crippen MR) is 110 cm³/mol. The number of halogens is 2. The molecule has 1 fully saturated rings. The SMILES string of the molecule is Cc1cc(C)nc(SCC(=O)NCC(c2c(F)cccc2Cl)N2CCCC2)n1. The lowest BCUT2D eigenvalue weighted by atomic mass is 10.0. The molecule has 1 N–H and O–H groups in total. The van der Waals surface area contributed by atoms with Gasteiger partial charge in [-0.05, 0) is 58.0 Å². The van der Waals surface area contributed by atoms with Gasteiger partial charge >= 0.3 is 0 Å². The number of rotatable bonds is 7. The molecule has 1 unspecified atom stereocenters. The first-order valence-corrected chi connectivity index (χ1v) is 10.7. The number of hydrogen-bond donors (Lipinski definition) is 1. The standard InChI is InChI=1S/C20H24ClFN4OS/c1-13-10-14(2)25-20(24-13)28-12-18(27)23-11-17(26-8-3-4-9-26)19-15(21)6-5-7-16(19)22/h5-7,10,17H,3-4,8-9,11-12H2,1-2H3,(H,23,27). The minimum absolute atomic E-state index is 0.135. The minimum Gasteiger partial charge on any atom is -0.353 e. The normalized spacial score (nSPS) is 15.6. The van der Waals surface area contributed by atoms with E-state index < -0.39 is 0 Å². The average molecular weight is 423 g/mol. The Balaban J connectivity index is 1.64. The van der Waals surface area contributed by atoms with Crippen molar-refractivity contribution < 1.29 is 9.18 Å². The monoisotopic (exact) mass is 422 g/mol. The minimum atomic E-state index is -0.336. The number of carbonyl (C=O) groups is 1. The molecule has 0 saturated carbocycles. The molecule has 150 valence electrons. The van der Waals surface area contributed by atoms with Gasteiger partial charge in [0, 0.05) is 28.5 Å². The Kier molecular flexibility index (Phi) is 7.26. The van der Waals surface area contributed by atoms with Crippen LogP contribution in [0.3, 0.4) is 0 Å². The highest BCUT2D eigenvalue weighted by atomic mass is 35.5. The molecular formula is C20H24ClFN4OS. The number of amides is 1. The number of nitrogens with one attached hydrogen (secondary N) is 1. The smallest absolute Gasteiger partial charge is 0.230 e. The molecule has 8 heteroatoms. The van der Waals surface area contributed by atoms with E-state index in [0.717, 1.165) is 37.3 Å². The highest BCUT2D eigenvalue weighted by Crippen LogP contribution is 2.32. The van der Waals surface area contributed by atoms with E-state index in [1.54, 1.807) is 12.1 Å². The molecule has 2 heterocycles. The van der Waals surface area contributed by atoms with Gasteiger partial charge in [-0.25, -0.2) is 14.4 Å². The van der Waals surface area contributed by atoms with Crippen LogP contribution < -0.4 is 5.32 Å². The second-order valence-electron chi connectivity index (χ2n) is 6.92. The number of benzene rings is 1. The summed E-state index contributed by atoms with van der Waals surface area (Å²) >= 11 is 7.58. The number of likely N-dealkylation sites (tertiary alicyclic amines) is 1. The van der Waals surface area contributed by atoms with Crippen molar-refractivity contribution in [3.8, 4) is 0 Å². The molecule has 0 bridgehead atoms. The van der Waals surface area contributed by atoms with E-state index in [4.69, 9.17) is 11.6 Å². The average Bonchev–Trinajstić information content (AvgIpc) is 3.16. The van der Waals surface area contributed by atoms with E-state index >= 15 is 0 Å². The first-order chi connectivity index (χ1) is 13.4. The molecule has 1 aliphatic heterocycles. The summed E-state index contributed by atoms with van der Waals surface area (Å²) in [6.45, 7) is 5.86. The van der Waals surface area contributed by atoms with Crippen LogP contribution in [-0.4, -0.2) is 46.2 Å². The summed E-state index contributed by atoms with van der Waals surface area (Å²) in [4.78, 5) is 23.2. The van der Waals surface area contributed by atoms with E-state index in [2.05, 4.69) is 20.2 Å². The molecule has 0 spiro atoms. The molecule has 1 aromatic carbocycles. The quantitative estimate of drug-likeness (QED) is 0.541. The third kappa shape index (κ3) is 5.43. The third-order valence-electron chi connectivity index (χ3n) is 4.70. The zero-order valence-electron chi connectivity index (χ0n) is 16.0. The van der Waals surface area contributed by atoms with Crippen molar-refractivity contribution >= 4 is 29.3 Å². The van der Waals surface area contributed by atoms with Gasteiger partial charge < -0.3 is 5.32 Å². The summed E-state index contributed by atoms with van der Waals surface area (Å²) in [7, 11) is 0. The lowest BCUT2D eigenvalue weighted by Gasteiger charge is -2.29. The van der Waals surface area contributed by atoms with Gasteiger partial charge in [0.25, 0.3) is 0 Å². The van der Waals surface area contributed by atoms with Crippen LogP contribution in [0.25, 0.3) is 0 Å². The number of aromatic nitrogens is 2. The van der Waals surface area contributed by atoms with Crippen molar-refractivity contribution in [2.75, 3.05) is 25.4 Å². The molecule has 1 aromatic heterocycles. The predicted octanol–water partition coefficient (Wildman–Crippen LogP) is 3.93. The molecule has 2 aromatic rings. The number of carbonyl (C=O) groups excluding carboxylic acids is 1. The number of hydrogen-bond acceptors (Lipinski definition) is 5. The lowest BCUT2D eigenvalue weighted by Crippen LogP contribution is -2.38. The van der Waals surface area contributed by atoms with Crippen LogP contribution >= 0.6 is 23.4 Å². The maximum absolute atomic E-state index is 14.5. The first kappa shape index (κ1) is 21.0. The second-order valence-corrected chi connectivity index (χ2v) is 8.27. The summed E-state index contributed by atoms with van der Waals surface area (Å²) in [6, 6.07) is 6.32. The van der Waals surface area contributed by atoms with Gasteiger partial charge in [0.1, 0.15) is 5.82 Å². The highest BCUT2D eigenvalue weighted by Gasteiger charge is 2.28. The van der Waals surface area contributed by atoms with Gasteiger partial charge in [-0.2, -0.15) is 0 Å². The van der Waals surface area contributed by atoms with Crippen molar-refractivity contribution in [1.82, 2.24) is 20.2 Å². The Morgan fingerprint density at radius 3 is 2.61 bits per heavy atom. The fourth-order valence-corrected chi connectivity index (χ4v) is 4.51. The Hall–Kier alpha value is -1.70. The van der Waals surface area contributed by atoms with Gasteiger partial charge in [0.05, 0.1) is 11.8 Å². The topological polar surface area (TPSA) is 58.1 Å². The van der Waals surface area contributed by atoms with E-state index in [9.17, 15) is 9.18 Å². The Bertz CT molecular complexity index is 804. The van der Waals surface area contributed by atoms with Crippen molar-refractivity contribution in [2.45, 2.75) is 37.9 Å². The van der Waals surface area contributed by atoms with Crippen LogP contribution in [0.15, 0.2) is 29.4 Å². The fourth-order valence-electron chi connectivity index (χ4n) is 3.45.